The van der Waals surface area contributed by atoms with Crippen LogP contribution in [0, 0.1) is 12.7 Å². The Morgan fingerprint density at radius 2 is 1.95 bits per heavy atom. The lowest BCUT2D eigenvalue weighted by molar-refractivity contribution is 0.259. The fraction of sp³-hybridized carbons (Fsp3) is 0.200. The molecule has 20 heavy (non-hydrogen) atoms. The molecule has 104 valence electrons. The van der Waals surface area contributed by atoms with E-state index in [2.05, 4.69) is 10.3 Å². The molecule has 0 saturated heterocycles. The van der Waals surface area contributed by atoms with Crippen LogP contribution in [0.3, 0.4) is 0 Å². The maximum absolute atomic E-state index is 12.8. The number of pyridine rings is 1. The van der Waals surface area contributed by atoms with Crippen LogP contribution < -0.4 is 11.1 Å². The molecule has 0 unspecified atom stereocenters. The van der Waals surface area contributed by atoms with Gasteiger partial charge in [0, 0.05) is 17.1 Å². The fourth-order valence-electron chi connectivity index (χ4n) is 2.00. The number of rotatable bonds is 4. The summed E-state index contributed by atoms with van der Waals surface area (Å²) in [5.74, 6) is -0.240. The number of hydrogen-bond acceptors (Lipinski definition) is 2. The summed E-state index contributed by atoms with van der Waals surface area (Å²) in [4.78, 5) is 15.3. The number of hydrogen-bond donors (Lipinski definition) is 2. The average molecular weight is 273 g/mol. The zero-order chi connectivity index (χ0) is 14.5. The first-order chi connectivity index (χ1) is 9.52. The van der Waals surface area contributed by atoms with E-state index in [1.54, 1.807) is 24.3 Å². The molecule has 2 amide bonds. The highest BCUT2D eigenvalue weighted by Gasteiger charge is 2.03. The number of anilines is 1. The van der Waals surface area contributed by atoms with Crippen molar-refractivity contribution in [1.82, 2.24) is 4.98 Å². The Balaban J connectivity index is 2.07. The number of primary amides is 1. The summed E-state index contributed by atoms with van der Waals surface area (Å²) >= 11 is 0. The van der Waals surface area contributed by atoms with Crippen LogP contribution in [0.25, 0.3) is 0 Å². The molecule has 1 aromatic heterocycles. The van der Waals surface area contributed by atoms with Gasteiger partial charge in [0.1, 0.15) is 5.82 Å². The van der Waals surface area contributed by atoms with Gasteiger partial charge < -0.3 is 11.1 Å². The summed E-state index contributed by atoms with van der Waals surface area (Å²) in [6.07, 6.45) is 1.47. The Morgan fingerprint density at radius 1 is 1.25 bits per heavy atom. The molecule has 0 bridgehead atoms. The second-order valence-electron chi connectivity index (χ2n) is 4.60. The van der Waals surface area contributed by atoms with E-state index in [4.69, 9.17) is 5.73 Å². The number of nitrogens with one attached hydrogen (secondary N) is 1. The molecule has 1 heterocycles. The molecular weight excluding hydrogens is 257 g/mol. The maximum atomic E-state index is 12.8. The minimum atomic E-state index is -0.597. The lowest BCUT2D eigenvalue weighted by Gasteiger charge is -2.07. The quantitative estimate of drug-likeness (QED) is 0.899. The van der Waals surface area contributed by atoms with Crippen molar-refractivity contribution >= 4 is 11.7 Å². The number of nitrogens with zero attached hydrogens (tertiary/aromatic N) is 1. The Kier molecular flexibility index (Phi) is 4.30. The van der Waals surface area contributed by atoms with Gasteiger partial charge in [0.05, 0.1) is 0 Å². The van der Waals surface area contributed by atoms with Gasteiger partial charge in [-0.1, -0.05) is 12.1 Å². The number of halogens is 1. The van der Waals surface area contributed by atoms with Crippen LogP contribution in [-0.4, -0.2) is 11.0 Å². The largest absolute Gasteiger partial charge is 0.351 e. The zero-order valence-electron chi connectivity index (χ0n) is 11.2. The number of carbonyl (C=O) groups is 1. The SMILES string of the molecule is Cc1cc(NC(N)=O)cc(CCc2ccc(F)cc2)n1. The third-order valence-corrected chi connectivity index (χ3v) is 2.86. The molecule has 0 fully saturated rings. The normalized spacial score (nSPS) is 10.3. The maximum Gasteiger partial charge on any atom is 0.316 e. The molecule has 1 aromatic carbocycles. The summed E-state index contributed by atoms with van der Waals surface area (Å²) in [5.41, 5.74) is 8.45. The van der Waals surface area contributed by atoms with Crippen molar-refractivity contribution in [3.05, 3.63) is 59.2 Å². The number of aromatic nitrogens is 1. The summed E-state index contributed by atoms with van der Waals surface area (Å²) in [5, 5.41) is 2.54. The third-order valence-electron chi connectivity index (χ3n) is 2.86. The molecule has 3 N–H and O–H groups in total. The number of carbonyl (C=O) groups excluding carboxylic acids is 1. The molecule has 2 rings (SSSR count). The first-order valence-corrected chi connectivity index (χ1v) is 6.31. The van der Waals surface area contributed by atoms with Gasteiger partial charge in [-0.3, -0.25) is 4.98 Å². The van der Waals surface area contributed by atoms with E-state index < -0.39 is 6.03 Å². The van der Waals surface area contributed by atoms with Crippen molar-refractivity contribution in [2.75, 3.05) is 5.32 Å². The van der Waals surface area contributed by atoms with E-state index in [9.17, 15) is 9.18 Å². The van der Waals surface area contributed by atoms with Gasteiger partial charge in [0.25, 0.3) is 0 Å². The van der Waals surface area contributed by atoms with Gasteiger partial charge in [0.2, 0.25) is 0 Å². The van der Waals surface area contributed by atoms with E-state index >= 15 is 0 Å². The minimum Gasteiger partial charge on any atom is -0.351 e. The van der Waals surface area contributed by atoms with Crippen LogP contribution in [0.4, 0.5) is 14.9 Å². The third kappa shape index (κ3) is 4.05. The topological polar surface area (TPSA) is 68.0 Å². The molecule has 0 radical (unpaired) electrons. The zero-order valence-corrected chi connectivity index (χ0v) is 11.2. The smallest absolute Gasteiger partial charge is 0.316 e. The molecule has 0 aliphatic carbocycles. The Hall–Kier alpha value is -2.43. The molecule has 0 spiro atoms. The fourth-order valence-corrected chi connectivity index (χ4v) is 2.00. The van der Waals surface area contributed by atoms with E-state index in [1.165, 1.54) is 12.1 Å². The van der Waals surface area contributed by atoms with E-state index in [-0.39, 0.29) is 5.82 Å². The van der Waals surface area contributed by atoms with Gasteiger partial charge in [-0.05, 0) is 49.6 Å². The predicted molar refractivity (Wildman–Crippen MR) is 76.0 cm³/mol. The van der Waals surface area contributed by atoms with Crippen molar-refractivity contribution in [2.45, 2.75) is 19.8 Å². The van der Waals surface area contributed by atoms with Gasteiger partial charge in [0.15, 0.2) is 0 Å². The lowest BCUT2D eigenvalue weighted by atomic mass is 10.1. The van der Waals surface area contributed by atoms with Crippen molar-refractivity contribution in [3.8, 4) is 0 Å². The highest BCUT2D eigenvalue weighted by Crippen LogP contribution is 2.13. The molecule has 2 aromatic rings. The molecule has 0 aliphatic heterocycles. The summed E-state index contributed by atoms with van der Waals surface area (Å²) in [6.45, 7) is 1.85. The van der Waals surface area contributed by atoms with Crippen molar-refractivity contribution in [3.63, 3.8) is 0 Å². The number of benzene rings is 1. The van der Waals surface area contributed by atoms with Crippen LogP contribution in [0.2, 0.25) is 0 Å². The Labute approximate surface area is 116 Å². The Bertz CT molecular complexity index is 611. The lowest BCUT2D eigenvalue weighted by Crippen LogP contribution is -2.19. The second-order valence-corrected chi connectivity index (χ2v) is 4.60. The first kappa shape index (κ1) is 14.0. The number of urea groups is 1. The molecule has 4 nitrogen and oxygen atoms in total. The van der Waals surface area contributed by atoms with E-state index in [0.717, 1.165) is 23.4 Å². The highest BCUT2D eigenvalue weighted by atomic mass is 19.1. The molecule has 5 heteroatoms. The summed E-state index contributed by atoms with van der Waals surface area (Å²) in [7, 11) is 0. The highest BCUT2D eigenvalue weighted by molar-refractivity contribution is 5.87. The van der Waals surface area contributed by atoms with E-state index in [1.807, 2.05) is 6.92 Å². The van der Waals surface area contributed by atoms with Gasteiger partial charge in [-0.15, -0.1) is 0 Å². The van der Waals surface area contributed by atoms with Crippen molar-refractivity contribution < 1.29 is 9.18 Å². The predicted octanol–water partition coefficient (Wildman–Crippen LogP) is 2.80. The van der Waals surface area contributed by atoms with Crippen molar-refractivity contribution in [1.29, 1.82) is 0 Å². The average Bonchev–Trinajstić information content (AvgIpc) is 2.36. The van der Waals surface area contributed by atoms with Crippen LogP contribution >= 0.6 is 0 Å². The molecule has 0 saturated carbocycles. The van der Waals surface area contributed by atoms with Gasteiger partial charge >= 0.3 is 6.03 Å². The van der Waals surface area contributed by atoms with E-state index in [0.29, 0.717) is 12.1 Å². The monoisotopic (exact) mass is 273 g/mol. The molecule has 0 atom stereocenters. The van der Waals surface area contributed by atoms with Gasteiger partial charge in [-0.25, -0.2) is 9.18 Å². The molecule has 0 aliphatic rings. The standard InChI is InChI=1S/C15H16FN3O/c1-10-8-14(19-15(17)20)9-13(18-10)7-4-11-2-5-12(16)6-3-11/h2-3,5-6,8-9H,4,7H2,1H3,(H3,17,18,19,20). The van der Waals surface area contributed by atoms with Crippen LogP contribution in [-0.2, 0) is 12.8 Å². The Morgan fingerprint density at radius 3 is 2.60 bits per heavy atom. The summed E-state index contributed by atoms with van der Waals surface area (Å²) < 4.78 is 12.8. The first-order valence-electron chi connectivity index (χ1n) is 6.31. The summed E-state index contributed by atoms with van der Waals surface area (Å²) in [6, 6.07) is 9.35. The minimum absolute atomic E-state index is 0.240. The van der Waals surface area contributed by atoms with Crippen LogP contribution in [0.5, 0.6) is 0 Å². The van der Waals surface area contributed by atoms with Gasteiger partial charge in [-0.2, -0.15) is 0 Å². The number of aryl methyl sites for hydroxylation is 3. The number of amides is 2. The molecular formula is C15H16FN3O. The second kappa shape index (κ2) is 6.14. The number of nitrogens with two attached hydrogens (primary N) is 1. The van der Waals surface area contributed by atoms with Crippen molar-refractivity contribution in [2.24, 2.45) is 5.73 Å². The van der Waals surface area contributed by atoms with Crippen LogP contribution in [0.15, 0.2) is 36.4 Å². The van der Waals surface area contributed by atoms with Crippen LogP contribution in [0.1, 0.15) is 17.0 Å².